The molecule has 0 aliphatic heterocycles. The lowest BCUT2D eigenvalue weighted by atomic mass is 10.2. The fraction of sp³-hybridized carbons (Fsp3) is 0.364. The molecule has 11 heteroatoms. The largest absolute Gasteiger partial charge is 0.497 e. The maximum Gasteiger partial charge on any atom is 0.373 e. The van der Waals surface area contributed by atoms with Crippen molar-refractivity contribution in [2.24, 2.45) is 0 Å². The number of hydrogen-bond acceptors (Lipinski definition) is 11. The number of benzene rings is 2. The lowest BCUT2D eigenvalue weighted by Crippen LogP contribution is -2.27. The van der Waals surface area contributed by atoms with E-state index < -0.39 is 18.2 Å². The minimum Gasteiger partial charge on any atom is -0.497 e. The summed E-state index contributed by atoms with van der Waals surface area (Å²) in [5.74, 6) is -0.198. The van der Waals surface area contributed by atoms with Crippen molar-refractivity contribution in [3.05, 3.63) is 47.5 Å². The molecular weight excluding hydrogens is 440 g/mol. The topological polar surface area (TPSA) is 117 Å². The number of carbonyl (C=O) groups excluding carboxylic acids is 2. The maximum atomic E-state index is 12.4. The van der Waals surface area contributed by atoms with E-state index in [0.717, 1.165) is 0 Å². The van der Waals surface area contributed by atoms with Crippen LogP contribution in [0.25, 0.3) is 0 Å². The molecule has 0 fully saturated rings. The number of hydrogen-bond donors (Lipinski definition) is 0. The maximum absolute atomic E-state index is 12.4. The summed E-state index contributed by atoms with van der Waals surface area (Å²) in [5, 5.41) is 0. The highest BCUT2D eigenvalue weighted by Crippen LogP contribution is 2.24. The van der Waals surface area contributed by atoms with E-state index in [9.17, 15) is 9.59 Å². The highest BCUT2D eigenvalue weighted by molar-refractivity contribution is 5.90. The molecule has 2 rings (SSSR count). The van der Waals surface area contributed by atoms with Crippen LogP contribution in [0, 0.1) is 0 Å². The molecule has 0 aliphatic carbocycles. The minimum absolute atomic E-state index is 0.0989. The summed E-state index contributed by atoms with van der Waals surface area (Å²) in [6, 6.07) is 8.91. The number of methoxy groups -OCH3 is 4. The van der Waals surface area contributed by atoms with Gasteiger partial charge in [0.15, 0.2) is 0 Å². The normalized spacial score (nSPS) is 10.5. The van der Waals surface area contributed by atoms with Gasteiger partial charge in [0.2, 0.25) is 0 Å². The highest BCUT2D eigenvalue weighted by atomic mass is 17.3. The highest BCUT2D eigenvalue weighted by Gasteiger charge is 2.21. The third-order valence-electron chi connectivity index (χ3n) is 4.09. The minimum atomic E-state index is -1.36. The first-order valence-corrected chi connectivity index (χ1v) is 9.73. The van der Waals surface area contributed by atoms with E-state index in [1.165, 1.54) is 52.7 Å². The Labute approximate surface area is 190 Å². The van der Waals surface area contributed by atoms with Crippen LogP contribution < -0.4 is 18.9 Å². The van der Waals surface area contributed by atoms with Crippen molar-refractivity contribution in [3.8, 4) is 23.0 Å². The Bertz CT molecular complexity index is 813. The van der Waals surface area contributed by atoms with Gasteiger partial charge in [-0.1, -0.05) is 0 Å². The Kier molecular flexibility index (Phi) is 10.2. The van der Waals surface area contributed by atoms with Crippen LogP contribution in [0.15, 0.2) is 36.4 Å². The summed E-state index contributed by atoms with van der Waals surface area (Å²) in [7, 11) is 5.77. The van der Waals surface area contributed by atoms with E-state index in [-0.39, 0.29) is 17.7 Å². The second kappa shape index (κ2) is 13.1. The zero-order valence-electron chi connectivity index (χ0n) is 18.9. The van der Waals surface area contributed by atoms with Gasteiger partial charge < -0.3 is 23.7 Å². The summed E-state index contributed by atoms with van der Waals surface area (Å²) >= 11 is 0. The Balaban J connectivity index is 2.02. The van der Waals surface area contributed by atoms with Crippen LogP contribution in [0.2, 0.25) is 0 Å². The molecule has 0 aliphatic rings. The van der Waals surface area contributed by atoms with E-state index in [2.05, 4.69) is 0 Å². The zero-order chi connectivity index (χ0) is 24.2. The van der Waals surface area contributed by atoms with Crippen molar-refractivity contribution in [1.82, 2.24) is 0 Å². The van der Waals surface area contributed by atoms with E-state index in [0.29, 0.717) is 29.6 Å². The van der Waals surface area contributed by atoms with Crippen LogP contribution in [0.5, 0.6) is 23.0 Å². The first-order chi connectivity index (χ1) is 15.9. The zero-order valence-corrected chi connectivity index (χ0v) is 18.9. The van der Waals surface area contributed by atoms with Crippen LogP contribution in [0.1, 0.15) is 27.6 Å². The lowest BCUT2D eigenvalue weighted by Gasteiger charge is -2.15. The molecule has 0 spiro atoms. The molecule has 0 aromatic heterocycles. The molecule has 33 heavy (non-hydrogen) atoms. The Morgan fingerprint density at radius 1 is 0.667 bits per heavy atom. The molecule has 11 nitrogen and oxygen atoms in total. The third kappa shape index (κ3) is 7.83. The number of ether oxygens (including phenoxy) is 5. The molecule has 0 atom stereocenters. The van der Waals surface area contributed by atoms with Gasteiger partial charge in [-0.3, -0.25) is 9.78 Å². The number of rotatable bonds is 13. The average molecular weight is 466 g/mol. The second-order valence-electron chi connectivity index (χ2n) is 6.23. The SMILES string of the molecule is CCOCC(OOC(=O)c1cc(OC)cc(OC)c1)OOC(=O)c1cc(OC)cc(OC)c1. The predicted octanol–water partition coefficient (Wildman–Crippen LogP) is 2.96. The van der Waals surface area contributed by atoms with Crippen molar-refractivity contribution in [2.75, 3.05) is 41.7 Å². The van der Waals surface area contributed by atoms with Crippen LogP contribution in [0.4, 0.5) is 0 Å². The molecule has 0 saturated heterocycles. The van der Waals surface area contributed by atoms with Gasteiger partial charge in [0.1, 0.15) is 29.6 Å². The van der Waals surface area contributed by atoms with Crippen LogP contribution in [-0.2, 0) is 24.3 Å². The molecule has 2 aromatic rings. The van der Waals surface area contributed by atoms with E-state index in [4.69, 9.17) is 43.2 Å². The molecule has 0 amide bonds. The molecule has 0 unspecified atom stereocenters. The molecule has 2 aromatic carbocycles. The summed E-state index contributed by atoms with van der Waals surface area (Å²) < 4.78 is 25.7. The molecule has 0 heterocycles. The molecule has 0 N–H and O–H groups in total. The van der Waals surface area contributed by atoms with Gasteiger partial charge in [-0.2, -0.15) is 0 Å². The molecule has 0 radical (unpaired) electrons. The monoisotopic (exact) mass is 466 g/mol. The van der Waals surface area contributed by atoms with Gasteiger partial charge in [0.05, 0.1) is 39.6 Å². The Hall–Kier alpha value is -3.54. The first-order valence-electron chi connectivity index (χ1n) is 9.73. The van der Waals surface area contributed by atoms with Crippen molar-refractivity contribution in [1.29, 1.82) is 0 Å². The molecular formula is C22H26O11. The second-order valence-corrected chi connectivity index (χ2v) is 6.23. The first kappa shape index (κ1) is 25.7. The number of carbonyl (C=O) groups is 2. The molecule has 0 bridgehead atoms. The summed E-state index contributed by atoms with van der Waals surface area (Å²) in [6.45, 7) is 1.85. The van der Waals surface area contributed by atoms with Crippen LogP contribution in [-0.4, -0.2) is 59.9 Å². The average Bonchev–Trinajstić information content (AvgIpc) is 2.86. The smallest absolute Gasteiger partial charge is 0.373 e. The summed E-state index contributed by atoms with van der Waals surface area (Å²) in [6.07, 6.45) is -1.36. The van der Waals surface area contributed by atoms with Gasteiger partial charge in [-0.25, -0.2) is 9.59 Å². The van der Waals surface area contributed by atoms with Crippen molar-refractivity contribution < 1.29 is 52.8 Å². The summed E-state index contributed by atoms with van der Waals surface area (Å²) in [4.78, 5) is 44.3. The van der Waals surface area contributed by atoms with E-state index in [1.54, 1.807) is 19.1 Å². The van der Waals surface area contributed by atoms with Gasteiger partial charge in [0.25, 0.3) is 6.29 Å². The fourth-order valence-corrected chi connectivity index (χ4v) is 2.43. The predicted molar refractivity (Wildman–Crippen MR) is 112 cm³/mol. The quantitative estimate of drug-likeness (QED) is 0.246. The molecule has 0 saturated carbocycles. The standard InChI is InChI=1S/C22H26O11/c1-6-29-13-20(30-32-21(23)14-7-16(25-2)11-17(8-14)26-3)31-33-22(24)15-9-18(27-4)12-19(10-15)28-5/h7-12,20H,6,13H2,1-5H3. The van der Waals surface area contributed by atoms with Gasteiger partial charge in [-0.15, -0.1) is 9.78 Å². The van der Waals surface area contributed by atoms with Crippen LogP contribution >= 0.6 is 0 Å². The van der Waals surface area contributed by atoms with Crippen molar-refractivity contribution >= 4 is 11.9 Å². The Morgan fingerprint density at radius 2 is 1.03 bits per heavy atom. The van der Waals surface area contributed by atoms with Crippen molar-refractivity contribution in [3.63, 3.8) is 0 Å². The van der Waals surface area contributed by atoms with E-state index in [1.807, 2.05) is 0 Å². The molecule has 180 valence electrons. The van der Waals surface area contributed by atoms with Gasteiger partial charge in [0, 0.05) is 18.7 Å². The van der Waals surface area contributed by atoms with Gasteiger partial charge >= 0.3 is 11.9 Å². The van der Waals surface area contributed by atoms with Crippen molar-refractivity contribution in [2.45, 2.75) is 13.2 Å². The lowest BCUT2D eigenvalue weighted by molar-refractivity contribution is -0.426. The van der Waals surface area contributed by atoms with Crippen LogP contribution in [0.3, 0.4) is 0 Å². The van der Waals surface area contributed by atoms with E-state index >= 15 is 0 Å². The summed E-state index contributed by atoms with van der Waals surface area (Å²) in [5.41, 5.74) is 0.198. The third-order valence-corrected chi connectivity index (χ3v) is 4.09. The Morgan fingerprint density at radius 3 is 1.33 bits per heavy atom. The van der Waals surface area contributed by atoms with Gasteiger partial charge in [-0.05, 0) is 31.2 Å². The fourth-order valence-electron chi connectivity index (χ4n) is 2.43.